The van der Waals surface area contributed by atoms with Crippen molar-refractivity contribution in [1.29, 1.82) is 0 Å². The predicted octanol–water partition coefficient (Wildman–Crippen LogP) is 3.53. The lowest BCUT2D eigenvalue weighted by Crippen LogP contribution is -2.54. The zero-order valence-corrected chi connectivity index (χ0v) is 14.5. The van der Waals surface area contributed by atoms with Crippen LogP contribution < -0.4 is 10.2 Å². The molecule has 1 saturated heterocycles. The van der Waals surface area contributed by atoms with E-state index in [0.717, 1.165) is 0 Å². The molecule has 1 aromatic carbocycles. The number of nitrogens with one attached hydrogen (secondary N) is 1. The van der Waals surface area contributed by atoms with Gasteiger partial charge in [0.1, 0.15) is 11.3 Å². The van der Waals surface area contributed by atoms with Crippen molar-refractivity contribution in [2.75, 3.05) is 4.90 Å². The summed E-state index contributed by atoms with van der Waals surface area (Å²) in [5, 5.41) is 3.04. The van der Waals surface area contributed by atoms with Gasteiger partial charge in [-0.15, -0.1) is 0 Å². The second-order valence-corrected chi connectivity index (χ2v) is 6.18. The van der Waals surface area contributed by atoms with Gasteiger partial charge in [-0.05, 0) is 70.6 Å². The third-order valence-electron chi connectivity index (χ3n) is 3.07. The van der Waals surface area contributed by atoms with E-state index < -0.39 is 11.8 Å². The van der Waals surface area contributed by atoms with Crippen molar-refractivity contribution in [1.82, 2.24) is 5.32 Å². The van der Waals surface area contributed by atoms with Crippen molar-refractivity contribution in [3.8, 4) is 0 Å². The quantitative estimate of drug-likeness (QED) is 0.466. The Labute approximate surface area is 150 Å². The van der Waals surface area contributed by atoms with Crippen LogP contribution in [0, 0.1) is 0 Å². The van der Waals surface area contributed by atoms with Gasteiger partial charge < -0.3 is 4.42 Å². The number of amides is 2. The highest BCUT2D eigenvalue weighted by Gasteiger charge is 2.34. The van der Waals surface area contributed by atoms with Crippen LogP contribution in [-0.2, 0) is 9.59 Å². The average Bonchev–Trinajstić information content (AvgIpc) is 2.91. The van der Waals surface area contributed by atoms with E-state index in [9.17, 15) is 9.59 Å². The fraction of sp³-hybridized carbons (Fsp3) is 0. The lowest BCUT2D eigenvalue weighted by molar-refractivity contribution is -0.122. The van der Waals surface area contributed by atoms with Crippen LogP contribution in [0.1, 0.15) is 5.76 Å². The molecule has 5 nitrogen and oxygen atoms in total. The summed E-state index contributed by atoms with van der Waals surface area (Å²) >= 11 is 14.1. The summed E-state index contributed by atoms with van der Waals surface area (Å²) in [4.78, 5) is 26.0. The van der Waals surface area contributed by atoms with E-state index in [2.05, 4.69) is 21.2 Å². The van der Waals surface area contributed by atoms with Gasteiger partial charge in [0.05, 0.1) is 5.69 Å². The van der Waals surface area contributed by atoms with Gasteiger partial charge in [0.2, 0.25) is 0 Å². The molecule has 0 aliphatic carbocycles. The number of hydrogen-bond donors (Lipinski definition) is 1. The number of anilines is 1. The highest BCUT2D eigenvalue weighted by atomic mass is 79.9. The molecule has 0 atom stereocenters. The molecular weight excluding hydrogens is 404 g/mol. The van der Waals surface area contributed by atoms with Crippen molar-refractivity contribution >= 4 is 68.4 Å². The van der Waals surface area contributed by atoms with Crippen LogP contribution in [0.2, 0.25) is 5.02 Å². The smallest absolute Gasteiger partial charge is 0.270 e. The minimum Gasteiger partial charge on any atom is -0.450 e. The van der Waals surface area contributed by atoms with Gasteiger partial charge in [-0.25, -0.2) is 0 Å². The van der Waals surface area contributed by atoms with Gasteiger partial charge in [0.25, 0.3) is 11.8 Å². The SMILES string of the molecule is O=C1NC(=S)N(c2ccc(Cl)cc2)C(=O)/C1=C\c1ccc(Br)o1. The summed E-state index contributed by atoms with van der Waals surface area (Å²) in [5.74, 6) is -0.731. The van der Waals surface area contributed by atoms with Gasteiger partial charge in [-0.1, -0.05) is 11.6 Å². The molecule has 0 unspecified atom stereocenters. The Morgan fingerprint density at radius 3 is 2.48 bits per heavy atom. The summed E-state index contributed by atoms with van der Waals surface area (Å²) < 4.78 is 5.80. The Morgan fingerprint density at radius 1 is 1.17 bits per heavy atom. The van der Waals surface area contributed by atoms with Gasteiger partial charge in [0, 0.05) is 5.02 Å². The van der Waals surface area contributed by atoms with Crippen LogP contribution in [0.3, 0.4) is 0 Å². The van der Waals surface area contributed by atoms with Crippen molar-refractivity contribution in [2.45, 2.75) is 0 Å². The molecule has 1 aromatic heterocycles. The summed E-state index contributed by atoms with van der Waals surface area (Å²) in [5.41, 5.74) is 0.436. The number of furan rings is 1. The molecule has 1 N–H and O–H groups in total. The third kappa shape index (κ3) is 3.21. The number of rotatable bonds is 2. The van der Waals surface area contributed by atoms with Gasteiger partial charge >= 0.3 is 0 Å². The fourth-order valence-electron chi connectivity index (χ4n) is 2.03. The summed E-state index contributed by atoms with van der Waals surface area (Å²) in [6.07, 6.45) is 1.37. The molecule has 1 fully saturated rings. The predicted molar refractivity (Wildman–Crippen MR) is 94.1 cm³/mol. The molecule has 1 aliphatic heterocycles. The summed E-state index contributed by atoms with van der Waals surface area (Å²) in [7, 11) is 0. The molecule has 116 valence electrons. The zero-order chi connectivity index (χ0) is 16.6. The Bertz CT molecular complexity index is 845. The van der Waals surface area contributed by atoms with E-state index in [-0.39, 0.29) is 10.7 Å². The number of halogens is 2. The van der Waals surface area contributed by atoms with Crippen LogP contribution in [0.4, 0.5) is 5.69 Å². The Hall–Kier alpha value is -1.96. The van der Waals surface area contributed by atoms with E-state index in [1.165, 1.54) is 11.0 Å². The van der Waals surface area contributed by atoms with Crippen LogP contribution in [0.5, 0.6) is 0 Å². The summed E-state index contributed by atoms with van der Waals surface area (Å²) in [6, 6.07) is 9.86. The van der Waals surface area contributed by atoms with Crippen molar-refractivity contribution in [3.63, 3.8) is 0 Å². The standard InChI is InChI=1S/C15H8BrClN2O3S/c16-12-6-5-10(22-12)7-11-13(20)18-15(23)19(14(11)21)9-3-1-8(17)2-4-9/h1-7H,(H,18,20,23)/b11-7-. The average molecular weight is 412 g/mol. The molecule has 2 heterocycles. The number of thiocarbonyl (C=S) groups is 1. The molecule has 23 heavy (non-hydrogen) atoms. The van der Waals surface area contributed by atoms with Crippen LogP contribution in [-0.4, -0.2) is 16.9 Å². The molecule has 0 spiro atoms. The number of carbonyl (C=O) groups is 2. The highest BCUT2D eigenvalue weighted by Crippen LogP contribution is 2.24. The first kappa shape index (κ1) is 15.9. The lowest BCUT2D eigenvalue weighted by atomic mass is 10.1. The Balaban J connectivity index is 2.00. The monoisotopic (exact) mass is 410 g/mol. The molecule has 8 heteroatoms. The molecule has 2 aromatic rings. The Morgan fingerprint density at radius 2 is 1.87 bits per heavy atom. The van der Waals surface area contributed by atoms with E-state index in [1.807, 2.05) is 0 Å². The zero-order valence-electron chi connectivity index (χ0n) is 11.4. The molecule has 3 rings (SSSR count). The van der Waals surface area contributed by atoms with E-state index in [1.54, 1.807) is 36.4 Å². The first-order valence-corrected chi connectivity index (χ1v) is 7.96. The van der Waals surface area contributed by atoms with Gasteiger partial charge in [-0.3, -0.25) is 19.8 Å². The molecule has 0 bridgehead atoms. The second kappa shape index (κ2) is 6.27. The number of hydrogen-bond acceptors (Lipinski definition) is 4. The van der Waals surface area contributed by atoms with Gasteiger partial charge in [0.15, 0.2) is 9.78 Å². The van der Waals surface area contributed by atoms with E-state index >= 15 is 0 Å². The molecule has 0 saturated carbocycles. The minimum absolute atomic E-state index is 0.0140. The van der Waals surface area contributed by atoms with Crippen LogP contribution in [0.15, 0.2) is 51.1 Å². The highest BCUT2D eigenvalue weighted by molar-refractivity contribution is 9.10. The minimum atomic E-state index is -0.572. The second-order valence-electron chi connectivity index (χ2n) is 4.58. The third-order valence-corrected chi connectivity index (χ3v) is 4.03. The largest absolute Gasteiger partial charge is 0.450 e. The van der Waals surface area contributed by atoms with Crippen LogP contribution in [0.25, 0.3) is 6.08 Å². The maximum atomic E-state index is 12.7. The first-order valence-electron chi connectivity index (χ1n) is 6.38. The van der Waals surface area contributed by atoms with E-state index in [0.29, 0.717) is 21.1 Å². The Kier molecular flexibility index (Phi) is 4.34. The molecule has 0 radical (unpaired) electrons. The molecule has 2 amide bonds. The first-order chi connectivity index (χ1) is 11.0. The normalized spacial score (nSPS) is 16.9. The van der Waals surface area contributed by atoms with Crippen molar-refractivity contribution < 1.29 is 14.0 Å². The maximum Gasteiger partial charge on any atom is 0.270 e. The number of benzene rings is 1. The van der Waals surface area contributed by atoms with Crippen LogP contribution >= 0.6 is 39.7 Å². The lowest BCUT2D eigenvalue weighted by Gasteiger charge is -2.28. The molecular formula is C15H8BrClN2O3S. The topological polar surface area (TPSA) is 62.6 Å². The fourth-order valence-corrected chi connectivity index (χ4v) is 2.76. The van der Waals surface area contributed by atoms with Crippen molar-refractivity contribution in [2.24, 2.45) is 0 Å². The maximum absolute atomic E-state index is 12.7. The number of carbonyl (C=O) groups excluding carboxylic acids is 2. The van der Waals surface area contributed by atoms with E-state index in [4.69, 9.17) is 28.2 Å². The van der Waals surface area contributed by atoms with Gasteiger partial charge in [-0.2, -0.15) is 0 Å². The molecule has 1 aliphatic rings. The number of nitrogens with zero attached hydrogens (tertiary/aromatic N) is 1. The van der Waals surface area contributed by atoms with Crippen molar-refractivity contribution in [3.05, 3.63) is 57.4 Å². The summed E-state index contributed by atoms with van der Waals surface area (Å²) in [6.45, 7) is 0.